The Morgan fingerprint density at radius 3 is 2.54 bits per heavy atom. The molecule has 0 aliphatic heterocycles. The quantitative estimate of drug-likeness (QED) is 0.475. The second kappa shape index (κ2) is 7.58. The van der Waals surface area contributed by atoms with E-state index in [2.05, 4.69) is 5.32 Å². The standard InChI is InChI=1S/C16H18N2O6/c1-2-24-10-7-8-13(14(9-10)18(22)23)17-15(19)11-5-3-4-6-12(11)16(20)21/h3-4,7-9,11-12H,2,5-6H2,1H3,(H,17,19)(H,20,21)/p-1/t11-,12-/m0/s1. The van der Waals surface area contributed by atoms with E-state index in [0.717, 1.165) is 0 Å². The molecule has 0 radical (unpaired) electrons. The second-order valence-electron chi connectivity index (χ2n) is 5.33. The summed E-state index contributed by atoms with van der Waals surface area (Å²) in [5.74, 6) is -3.35. The molecule has 0 fully saturated rings. The number of nitro benzene ring substituents is 1. The predicted octanol–water partition coefficient (Wildman–Crippen LogP) is 1.26. The summed E-state index contributed by atoms with van der Waals surface area (Å²) in [5.41, 5.74) is -0.314. The minimum atomic E-state index is -1.30. The third-order valence-corrected chi connectivity index (χ3v) is 3.81. The van der Waals surface area contributed by atoms with Crippen molar-refractivity contribution in [3.63, 3.8) is 0 Å². The summed E-state index contributed by atoms with van der Waals surface area (Å²) in [6, 6.07) is 4.09. The fourth-order valence-electron chi connectivity index (χ4n) is 2.61. The molecule has 0 unspecified atom stereocenters. The SMILES string of the molecule is CCOc1ccc(NC(=O)[C@H]2CC=CC[C@@H]2C(=O)[O-])c([N+](=O)[O-])c1. The normalized spacial score (nSPS) is 19.5. The van der Waals surface area contributed by atoms with E-state index in [1.165, 1.54) is 18.2 Å². The highest BCUT2D eigenvalue weighted by atomic mass is 16.6. The van der Waals surface area contributed by atoms with E-state index in [1.54, 1.807) is 19.1 Å². The number of rotatable bonds is 6. The number of nitrogens with one attached hydrogen (secondary N) is 1. The average Bonchev–Trinajstić information content (AvgIpc) is 2.56. The molecular formula is C16H17N2O6-. The van der Waals surface area contributed by atoms with Gasteiger partial charge >= 0.3 is 0 Å². The van der Waals surface area contributed by atoms with Gasteiger partial charge < -0.3 is 20.0 Å². The number of carboxylic acids is 1. The van der Waals surface area contributed by atoms with Crippen LogP contribution in [0.4, 0.5) is 11.4 Å². The molecule has 0 saturated carbocycles. The van der Waals surface area contributed by atoms with Gasteiger partial charge in [-0.3, -0.25) is 14.9 Å². The largest absolute Gasteiger partial charge is 0.550 e. The van der Waals surface area contributed by atoms with Gasteiger partial charge in [-0.15, -0.1) is 0 Å². The molecule has 1 aliphatic rings. The van der Waals surface area contributed by atoms with E-state index in [-0.39, 0.29) is 24.2 Å². The number of anilines is 1. The first-order valence-electron chi connectivity index (χ1n) is 7.52. The van der Waals surface area contributed by atoms with Gasteiger partial charge in [-0.05, 0) is 31.9 Å². The van der Waals surface area contributed by atoms with Crippen molar-refractivity contribution in [2.75, 3.05) is 11.9 Å². The topological polar surface area (TPSA) is 122 Å². The van der Waals surface area contributed by atoms with Crippen LogP contribution in [-0.4, -0.2) is 23.4 Å². The number of allylic oxidation sites excluding steroid dienone is 2. The van der Waals surface area contributed by atoms with Crippen LogP contribution in [0.25, 0.3) is 0 Å². The van der Waals surface area contributed by atoms with E-state index >= 15 is 0 Å². The molecule has 1 aromatic rings. The summed E-state index contributed by atoms with van der Waals surface area (Å²) >= 11 is 0. The van der Waals surface area contributed by atoms with Crippen molar-refractivity contribution >= 4 is 23.3 Å². The number of benzene rings is 1. The maximum Gasteiger partial charge on any atom is 0.296 e. The molecule has 1 aromatic carbocycles. The highest BCUT2D eigenvalue weighted by molar-refractivity contribution is 5.97. The van der Waals surface area contributed by atoms with Crippen LogP contribution >= 0.6 is 0 Å². The van der Waals surface area contributed by atoms with Gasteiger partial charge in [0.1, 0.15) is 11.4 Å². The van der Waals surface area contributed by atoms with Crippen LogP contribution in [0.2, 0.25) is 0 Å². The first kappa shape index (κ1) is 17.5. The number of carboxylic acid groups (broad SMARTS) is 1. The Hall–Kier alpha value is -2.90. The van der Waals surface area contributed by atoms with Crippen molar-refractivity contribution in [2.45, 2.75) is 19.8 Å². The second-order valence-corrected chi connectivity index (χ2v) is 5.33. The lowest BCUT2D eigenvalue weighted by molar-refractivity contribution is -0.384. The lowest BCUT2D eigenvalue weighted by Crippen LogP contribution is -2.41. The summed E-state index contributed by atoms with van der Waals surface area (Å²) in [7, 11) is 0. The maximum atomic E-state index is 12.4. The molecule has 0 saturated heterocycles. The van der Waals surface area contributed by atoms with Crippen molar-refractivity contribution in [1.82, 2.24) is 0 Å². The van der Waals surface area contributed by atoms with E-state index in [9.17, 15) is 24.8 Å². The molecular weight excluding hydrogens is 316 g/mol. The molecule has 1 aliphatic carbocycles. The molecule has 0 heterocycles. The minimum absolute atomic E-state index is 0.0000964. The maximum absolute atomic E-state index is 12.4. The summed E-state index contributed by atoms with van der Waals surface area (Å²) < 4.78 is 5.21. The zero-order valence-corrected chi connectivity index (χ0v) is 13.1. The van der Waals surface area contributed by atoms with Crippen LogP contribution in [-0.2, 0) is 9.59 Å². The Bertz CT molecular complexity index is 685. The van der Waals surface area contributed by atoms with Gasteiger partial charge in [0.15, 0.2) is 0 Å². The molecule has 8 heteroatoms. The van der Waals surface area contributed by atoms with Crippen molar-refractivity contribution in [2.24, 2.45) is 11.8 Å². The molecule has 128 valence electrons. The van der Waals surface area contributed by atoms with Gasteiger partial charge in [0.05, 0.1) is 23.5 Å². The molecule has 0 aromatic heterocycles. The van der Waals surface area contributed by atoms with Crippen LogP contribution in [0.5, 0.6) is 5.75 Å². The number of nitro groups is 1. The van der Waals surface area contributed by atoms with Crippen molar-refractivity contribution < 1.29 is 24.4 Å². The highest BCUT2D eigenvalue weighted by Crippen LogP contribution is 2.31. The Labute approximate surface area is 138 Å². The van der Waals surface area contributed by atoms with Gasteiger partial charge in [0.2, 0.25) is 5.91 Å². The van der Waals surface area contributed by atoms with Crippen LogP contribution < -0.4 is 15.2 Å². The van der Waals surface area contributed by atoms with Gasteiger partial charge in [-0.2, -0.15) is 0 Å². The average molecular weight is 333 g/mol. The summed E-state index contributed by atoms with van der Waals surface area (Å²) in [5, 5.41) is 24.8. The lowest BCUT2D eigenvalue weighted by Gasteiger charge is -2.28. The third kappa shape index (κ3) is 3.89. The number of ether oxygens (including phenoxy) is 1. The summed E-state index contributed by atoms with van der Waals surface area (Å²) in [6.45, 7) is 2.10. The fourth-order valence-corrected chi connectivity index (χ4v) is 2.61. The van der Waals surface area contributed by atoms with E-state index in [4.69, 9.17) is 4.74 Å². The van der Waals surface area contributed by atoms with Crippen LogP contribution in [0.15, 0.2) is 30.4 Å². The molecule has 2 rings (SSSR count). The Morgan fingerprint density at radius 2 is 1.96 bits per heavy atom. The third-order valence-electron chi connectivity index (χ3n) is 3.81. The number of amides is 1. The summed E-state index contributed by atoms with van der Waals surface area (Å²) in [4.78, 5) is 34.1. The van der Waals surface area contributed by atoms with Gasteiger partial charge in [-0.25, -0.2) is 0 Å². The zero-order valence-electron chi connectivity index (χ0n) is 13.1. The van der Waals surface area contributed by atoms with Crippen LogP contribution in [0.3, 0.4) is 0 Å². The number of aliphatic carboxylic acids is 1. The highest BCUT2D eigenvalue weighted by Gasteiger charge is 2.31. The van der Waals surface area contributed by atoms with Crippen molar-refractivity contribution in [3.8, 4) is 5.75 Å². The van der Waals surface area contributed by atoms with Crippen molar-refractivity contribution in [3.05, 3.63) is 40.5 Å². The molecule has 8 nitrogen and oxygen atoms in total. The molecule has 0 bridgehead atoms. The van der Waals surface area contributed by atoms with Crippen LogP contribution in [0.1, 0.15) is 19.8 Å². The zero-order chi connectivity index (χ0) is 17.7. The number of carbonyl (C=O) groups excluding carboxylic acids is 2. The smallest absolute Gasteiger partial charge is 0.296 e. The van der Waals surface area contributed by atoms with E-state index < -0.39 is 28.6 Å². The molecule has 24 heavy (non-hydrogen) atoms. The van der Waals surface area contributed by atoms with Gasteiger partial charge in [-0.1, -0.05) is 12.2 Å². The Morgan fingerprint density at radius 1 is 1.29 bits per heavy atom. The lowest BCUT2D eigenvalue weighted by atomic mass is 9.82. The minimum Gasteiger partial charge on any atom is -0.550 e. The van der Waals surface area contributed by atoms with Gasteiger partial charge in [0, 0.05) is 11.9 Å². The molecule has 1 N–H and O–H groups in total. The Kier molecular flexibility index (Phi) is 5.51. The summed E-state index contributed by atoms with van der Waals surface area (Å²) in [6.07, 6.45) is 3.85. The van der Waals surface area contributed by atoms with Crippen molar-refractivity contribution in [1.29, 1.82) is 0 Å². The molecule has 0 spiro atoms. The number of nitrogens with zero attached hydrogens (tertiary/aromatic N) is 1. The predicted molar refractivity (Wildman–Crippen MR) is 83.3 cm³/mol. The number of hydrogen-bond donors (Lipinski definition) is 1. The number of hydrogen-bond acceptors (Lipinski definition) is 6. The van der Waals surface area contributed by atoms with Gasteiger partial charge in [0.25, 0.3) is 5.69 Å². The fraction of sp³-hybridized carbons (Fsp3) is 0.375. The first-order valence-corrected chi connectivity index (χ1v) is 7.52. The molecule has 2 atom stereocenters. The van der Waals surface area contributed by atoms with E-state index in [0.29, 0.717) is 12.4 Å². The number of carbonyl (C=O) groups is 2. The van der Waals surface area contributed by atoms with Crippen LogP contribution in [0, 0.1) is 22.0 Å². The van der Waals surface area contributed by atoms with E-state index in [1.807, 2.05) is 0 Å². The monoisotopic (exact) mass is 333 g/mol. The Balaban J connectivity index is 2.23. The first-order chi connectivity index (χ1) is 11.4. The molecule has 1 amide bonds.